The number of esters is 1. The van der Waals surface area contributed by atoms with Gasteiger partial charge in [-0.25, -0.2) is 14.8 Å². The number of ether oxygens (including phenoxy) is 3. The second kappa shape index (κ2) is 11.1. The van der Waals surface area contributed by atoms with Gasteiger partial charge in [0.05, 0.1) is 14.2 Å². The summed E-state index contributed by atoms with van der Waals surface area (Å²) in [6.07, 6.45) is 0.443. The van der Waals surface area contributed by atoms with Crippen LogP contribution in [0.25, 0.3) is 0 Å². The normalized spacial score (nSPS) is 11.2. The number of hydrogen-bond acceptors (Lipinski definition) is 7. The fourth-order valence-corrected chi connectivity index (χ4v) is 3.88. The van der Waals surface area contributed by atoms with Crippen molar-refractivity contribution in [3.63, 3.8) is 0 Å². The van der Waals surface area contributed by atoms with Gasteiger partial charge in [-0.1, -0.05) is 29.3 Å². The Bertz CT molecular complexity index is 1230. The van der Waals surface area contributed by atoms with E-state index in [4.69, 9.17) is 37.4 Å². The van der Waals surface area contributed by atoms with Crippen molar-refractivity contribution >= 4 is 35.0 Å². The number of nitrogens with zero attached hydrogens (tertiary/aromatic N) is 2. The third-order valence-corrected chi connectivity index (χ3v) is 5.71. The summed E-state index contributed by atoms with van der Waals surface area (Å²) in [4.78, 5) is 21.7. The summed E-state index contributed by atoms with van der Waals surface area (Å²) in [5, 5.41) is 4.43. The first-order chi connectivity index (χ1) is 16.5. The van der Waals surface area contributed by atoms with Crippen molar-refractivity contribution in [3.05, 3.63) is 74.7 Å². The fourth-order valence-electron chi connectivity index (χ4n) is 3.40. The lowest BCUT2D eigenvalue weighted by atomic mass is 10.0. The smallest absolute Gasteiger partial charge is 0.376 e. The van der Waals surface area contributed by atoms with Crippen molar-refractivity contribution in [2.45, 2.75) is 46.3 Å². The number of anilines is 1. The molecule has 0 radical (unpaired) electrons. The van der Waals surface area contributed by atoms with Gasteiger partial charge in [-0.3, -0.25) is 0 Å². The number of aryl methyl sites for hydroxylation is 1. The van der Waals surface area contributed by atoms with E-state index >= 15 is 0 Å². The van der Waals surface area contributed by atoms with Crippen LogP contribution in [-0.4, -0.2) is 35.8 Å². The monoisotopic (exact) mass is 517 g/mol. The quantitative estimate of drug-likeness (QED) is 0.352. The molecule has 0 bridgehead atoms. The number of nitrogens with one attached hydrogen (secondary N) is 1. The molecule has 0 fully saturated rings. The van der Waals surface area contributed by atoms with Crippen LogP contribution >= 0.6 is 23.2 Å². The fraction of sp³-hybridized carbons (Fsp3) is 0.346. The predicted octanol–water partition coefficient (Wildman–Crippen LogP) is 6.27. The van der Waals surface area contributed by atoms with Crippen LogP contribution in [0.4, 0.5) is 5.82 Å². The maximum atomic E-state index is 12.7. The minimum absolute atomic E-state index is 0.0208. The van der Waals surface area contributed by atoms with Gasteiger partial charge in [0.15, 0.2) is 0 Å². The van der Waals surface area contributed by atoms with E-state index in [1.807, 2.05) is 31.2 Å². The summed E-state index contributed by atoms with van der Waals surface area (Å²) in [5.74, 6) is 1.24. The molecule has 0 saturated carbocycles. The van der Waals surface area contributed by atoms with Crippen LogP contribution in [0.3, 0.4) is 0 Å². The molecule has 0 aliphatic heterocycles. The van der Waals surface area contributed by atoms with E-state index in [1.165, 1.54) is 0 Å². The van der Waals surface area contributed by atoms with Crippen molar-refractivity contribution in [2.75, 3.05) is 19.5 Å². The van der Waals surface area contributed by atoms with Crippen LogP contribution in [0.15, 0.2) is 36.4 Å². The Hall–Kier alpha value is -3.03. The lowest BCUT2D eigenvalue weighted by molar-refractivity contribution is 0.00553. The molecule has 0 saturated heterocycles. The highest BCUT2D eigenvalue weighted by atomic mass is 35.5. The number of rotatable bonds is 8. The molecule has 186 valence electrons. The summed E-state index contributed by atoms with van der Waals surface area (Å²) in [6.45, 7) is 7.60. The Morgan fingerprint density at radius 3 is 2.34 bits per heavy atom. The van der Waals surface area contributed by atoms with Crippen molar-refractivity contribution < 1.29 is 19.0 Å². The van der Waals surface area contributed by atoms with Crippen molar-refractivity contribution in [1.29, 1.82) is 0 Å². The zero-order valence-corrected chi connectivity index (χ0v) is 22.2. The van der Waals surface area contributed by atoms with Crippen LogP contribution in [0.2, 0.25) is 10.0 Å². The second-order valence-electron chi connectivity index (χ2n) is 8.91. The van der Waals surface area contributed by atoms with Gasteiger partial charge in [0.25, 0.3) is 0 Å². The topological polar surface area (TPSA) is 82.6 Å². The molecule has 0 spiro atoms. The van der Waals surface area contributed by atoms with Gasteiger partial charge in [-0.05, 0) is 57.5 Å². The molecule has 35 heavy (non-hydrogen) atoms. The van der Waals surface area contributed by atoms with E-state index in [9.17, 15) is 4.79 Å². The highest BCUT2D eigenvalue weighted by molar-refractivity contribution is 6.35. The first-order valence-corrected chi connectivity index (χ1v) is 11.8. The summed E-state index contributed by atoms with van der Waals surface area (Å²) >= 11 is 12.5. The molecule has 3 rings (SSSR count). The minimum atomic E-state index is -0.673. The number of hydrogen-bond donors (Lipinski definition) is 1. The van der Waals surface area contributed by atoms with Gasteiger partial charge in [-0.15, -0.1) is 0 Å². The Labute approximate surface area is 215 Å². The molecule has 0 unspecified atom stereocenters. The maximum absolute atomic E-state index is 12.7. The highest BCUT2D eigenvalue weighted by Crippen LogP contribution is 2.29. The zero-order chi connectivity index (χ0) is 25.8. The van der Waals surface area contributed by atoms with E-state index in [0.29, 0.717) is 46.0 Å². The maximum Gasteiger partial charge on any atom is 0.376 e. The van der Waals surface area contributed by atoms with Crippen molar-refractivity contribution in [2.24, 2.45) is 0 Å². The molecule has 0 aliphatic rings. The highest BCUT2D eigenvalue weighted by Gasteiger charge is 2.23. The van der Waals surface area contributed by atoms with Crippen LogP contribution in [-0.2, 0) is 17.7 Å². The van der Waals surface area contributed by atoms with Crippen molar-refractivity contribution in [3.8, 4) is 11.5 Å². The summed E-state index contributed by atoms with van der Waals surface area (Å²) in [7, 11) is 3.20. The molecule has 1 heterocycles. The van der Waals surface area contributed by atoms with Gasteiger partial charge < -0.3 is 19.5 Å². The number of carbonyl (C=O) groups is 1. The minimum Gasteiger partial charge on any atom is -0.497 e. The standard InChI is InChI=1S/C26H29Cl2N3O4/c1-15-20(11-16-7-9-18(27)12-21(16)28)23(31-24(30-15)25(32)35-26(2,3)4)29-14-17-8-10-19(33-5)13-22(17)34-6/h7-10,12-13H,11,14H2,1-6H3,(H,29,30,31). The second-order valence-corrected chi connectivity index (χ2v) is 9.75. The first-order valence-electron chi connectivity index (χ1n) is 11.0. The lowest BCUT2D eigenvalue weighted by Crippen LogP contribution is -2.26. The van der Waals surface area contributed by atoms with Gasteiger partial charge in [0.2, 0.25) is 5.82 Å². The Kier molecular flexibility index (Phi) is 8.46. The van der Waals surface area contributed by atoms with Crippen molar-refractivity contribution in [1.82, 2.24) is 9.97 Å². The molecule has 1 aromatic heterocycles. The number of methoxy groups -OCH3 is 2. The van der Waals surface area contributed by atoms with E-state index in [0.717, 1.165) is 16.7 Å². The van der Waals surface area contributed by atoms with Crippen LogP contribution < -0.4 is 14.8 Å². The number of benzene rings is 2. The molecule has 3 aromatic rings. The lowest BCUT2D eigenvalue weighted by Gasteiger charge is -2.20. The largest absolute Gasteiger partial charge is 0.497 e. The Morgan fingerprint density at radius 2 is 1.71 bits per heavy atom. The first kappa shape index (κ1) is 26.6. The molecule has 0 atom stereocenters. The van der Waals surface area contributed by atoms with E-state index in [1.54, 1.807) is 47.1 Å². The molecule has 9 heteroatoms. The van der Waals surface area contributed by atoms with Gasteiger partial charge in [0.1, 0.15) is 22.9 Å². The molecule has 1 N–H and O–H groups in total. The molecule has 0 amide bonds. The molecule has 0 aliphatic carbocycles. The number of halogens is 2. The molecule has 7 nitrogen and oxygen atoms in total. The summed E-state index contributed by atoms with van der Waals surface area (Å²) in [6, 6.07) is 10.9. The summed E-state index contributed by atoms with van der Waals surface area (Å²) < 4.78 is 16.3. The molecule has 2 aromatic carbocycles. The van der Waals surface area contributed by atoms with E-state index in [-0.39, 0.29) is 5.82 Å². The average Bonchev–Trinajstić information content (AvgIpc) is 2.79. The summed E-state index contributed by atoms with van der Waals surface area (Å²) in [5.41, 5.74) is 2.51. The average molecular weight is 518 g/mol. The van der Waals surface area contributed by atoms with Crippen LogP contribution in [0.1, 0.15) is 53.8 Å². The Morgan fingerprint density at radius 1 is 1.00 bits per heavy atom. The van der Waals surface area contributed by atoms with Crippen LogP contribution in [0.5, 0.6) is 11.5 Å². The van der Waals surface area contributed by atoms with Gasteiger partial charge >= 0.3 is 5.97 Å². The van der Waals surface area contributed by atoms with Crippen LogP contribution in [0, 0.1) is 6.92 Å². The molecular weight excluding hydrogens is 489 g/mol. The van der Waals surface area contributed by atoms with Gasteiger partial charge in [0, 0.05) is 45.9 Å². The van der Waals surface area contributed by atoms with E-state index in [2.05, 4.69) is 15.3 Å². The zero-order valence-electron chi connectivity index (χ0n) is 20.7. The predicted molar refractivity (Wildman–Crippen MR) is 138 cm³/mol. The van der Waals surface area contributed by atoms with Gasteiger partial charge in [-0.2, -0.15) is 0 Å². The third kappa shape index (κ3) is 6.99. The number of aromatic nitrogens is 2. The molecular formula is C26H29Cl2N3O4. The Balaban J connectivity index is 2.00. The third-order valence-electron chi connectivity index (χ3n) is 5.12. The number of carbonyl (C=O) groups excluding carboxylic acids is 1. The van der Waals surface area contributed by atoms with E-state index < -0.39 is 11.6 Å². The SMILES string of the molecule is COc1ccc(CNc2nc(C(=O)OC(C)(C)C)nc(C)c2Cc2ccc(Cl)cc2Cl)c(OC)c1.